The molecule has 0 aliphatic carbocycles. The van der Waals surface area contributed by atoms with Gasteiger partial charge < -0.3 is 14.6 Å². The van der Waals surface area contributed by atoms with Crippen LogP contribution in [-0.4, -0.2) is 22.0 Å². The largest absolute Gasteiger partial charge is 0.573 e. The normalized spacial score (nSPS) is 20.9. The van der Waals surface area contributed by atoms with E-state index in [-0.39, 0.29) is 11.8 Å². The first kappa shape index (κ1) is 19.4. The maximum Gasteiger partial charge on any atom is 0.573 e. The second kappa shape index (κ2) is 7.30. The van der Waals surface area contributed by atoms with E-state index in [0.717, 1.165) is 66.4 Å². The molecule has 158 valence electrons. The number of hydrogen-bond donors (Lipinski definition) is 1. The van der Waals surface area contributed by atoms with Gasteiger partial charge in [-0.3, -0.25) is 4.98 Å². The van der Waals surface area contributed by atoms with Crippen LogP contribution in [0.25, 0.3) is 10.9 Å². The molecule has 0 radical (unpaired) electrons. The average Bonchev–Trinajstić information content (AvgIpc) is 2.99. The summed E-state index contributed by atoms with van der Waals surface area (Å²) in [7, 11) is 0. The summed E-state index contributed by atoms with van der Waals surface area (Å²) in [5.41, 5.74) is 5.52. The number of aryl methyl sites for hydroxylation is 3. The highest BCUT2D eigenvalue weighted by atomic mass is 19.4. The van der Waals surface area contributed by atoms with Crippen molar-refractivity contribution in [1.82, 2.24) is 14.9 Å². The molecule has 2 bridgehead atoms. The van der Waals surface area contributed by atoms with E-state index in [1.165, 1.54) is 11.8 Å². The zero-order valence-corrected chi connectivity index (χ0v) is 16.8. The van der Waals surface area contributed by atoms with Crippen molar-refractivity contribution in [3.05, 3.63) is 59.0 Å². The smallest absolute Gasteiger partial charge is 0.406 e. The molecule has 4 heterocycles. The molecule has 1 N–H and O–H groups in total. The van der Waals surface area contributed by atoms with Crippen LogP contribution < -0.4 is 10.1 Å². The van der Waals surface area contributed by atoms with Crippen molar-refractivity contribution in [2.75, 3.05) is 0 Å². The Balaban J connectivity index is 1.57. The minimum absolute atomic E-state index is 0.157. The van der Waals surface area contributed by atoms with Crippen molar-refractivity contribution in [1.29, 1.82) is 0 Å². The number of benzene rings is 1. The van der Waals surface area contributed by atoms with Crippen LogP contribution in [0.2, 0.25) is 0 Å². The van der Waals surface area contributed by atoms with Gasteiger partial charge >= 0.3 is 6.36 Å². The van der Waals surface area contributed by atoms with E-state index in [9.17, 15) is 13.2 Å². The van der Waals surface area contributed by atoms with Crippen LogP contribution in [0.3, 0.4) is 0 Å². The summed E-state index contributed by atoms with van der Waals surface area (Å²) in [5.74, 6) is -0.157. The summed E-state index contributed by atoms with van der Waals surface area (Å²) >= 11 is 0. The first-order valence-corrected chi connectivity index (χ1v) is 10.5. The van der Waals surface area contributed by atoms with Gasteiger partial charge in [0.05, 0.1) is 0 Å². The van der Waals surface area contributed by atoms with E-state index in [4.69, 9.17) is 0 Å². The number of fused-ring (bicyclic) bond motifs is 6. The molecule has 2 aliphatic rings. The topological polar surface area (TPSA) is 39.1 Å². The van der Waals surface area contributed by atoms with Crippen LogP contribution in [0.15, 0.2) is 36.5 Å². The van der Waals surface area contributed by atoms with Crippen molar-refractivity contribution in [3.8, 4) is 5.75 Å². The van der Waals surface area contributed by atoms with E-state index >= 15 is 0 Å². The van der Waals surface area contributed by atoms with Gasteiger partial charge in [0.2, 0.25) is 0 Å². The van der Waals surface area contributed by atoms with Crippen molar-refractivity contribution in [2.45, 2.75) is 64.0 Å². The molecule has 0 saturated carbocycles. The van der Waals surface area contributed by atoms with Gasteiger partial charge in [-0.15, -0.1) is 13.2 Å². The molecule has 7 heteroatoms. The molecular formula is C23H24F3N3O. The summed E-state index contributed by atoms with van der Waals surface area (Å²) in [6, 6.07) is 9.48. The lowest BCUT2D eigenvalue weighted by molar-refractivity contribution is -0.274. The Bertz CT molecular complexity index is 1070. The fourth-order valence-electron chi connectivity index (χ4n) is 5.00. The van der Waals surface area contributed by atoms with Gasteiger partial charge in [0.1, 0.15) is 5.75 Å². The molecule has 4 nitrogen and oxygen atoms in total. The number of ether oxygens (including phenoxy) is 1. The lowest BCUT2D eigenvalue weighted by Gasteiger charge is -2.37. The fourth-order valence-corrected chi connectivity index (χ4v) is 5.00. The van der Waals surface area contributed by atoms with Gasteiger partial charge in [-0.05, 0) is 68.0 Å². The molecule has 0 amide bonds. The van der Waals surface area contributed by atoms with E-state index < -0.39 is 6.36 Å². The Morgan fingerprint density at radius 1 is 1.20 bits per heavy atom. The van der Waals surface area contributed by atoms with Gasteiger partial charge in [-0.1, -0.05) is 6.07 Å². The van der Waals surface area contributed by atoms with Gasteiger partial charge in [0.25, 0.3) is 0 Å². The number of alkyl halides is 3. The molecule has 5 rings (SSSR count). The highest BCUT2D eigenvalue weighted by Gasteiger charge is 2.35. The summed E-state index contributed by atoms with van der Waals surface area (Å²) in [4.78, 5) is 4.38. The van der Waals surface area contributed by atoms with Crippen LogP contribution in [0.1, 0.15) is 47.8 Å². The van der Waals surface area contributed by atoms with E-state index in [0.29, 0.717) is 6.04 Å². The van der Waals surface area contributed by atoms with Gasteiger partial charge in [0, 0.05) is 53.5 Å². The van der Waals surface area contributed by atoms with Crippen molar-refractivity contribution in [3.63, 3.8) is 0 Å². The standard InChI is InChI=1S/C23H24F3N3O/c1-14-5-6-15(13-27-14)9-10-29-20-8-7-17(30-23(24,25)26)12-18(20)22-19-4-2-3-16(28-19)11-21(22)29/h5-8,12-13,16,19,28H,2-4,9-11H2,1H3. The van der Waals surface area contributed by atoms with Crippen LogP contribution in [0.5, 0.6) is 5.75 Å². The Hall–Kier alpha value is -2.54. The van der Waals surface area contributed by atoms with Crippen LogP contribution in [0.4, 0.5) is 13.2 Å². The third-order valence-electron chi connectivity index (χ3n) is 6.29. The lowest BCUT2D eigenvalue weighted by atomic mass is 9.84. The summed E-state index contributed by atoms with van der Waals surface area (Å²) < 4.78 is 44.9. The molecule has 2 aliphatic heterocycles. The number of hydrogen-bond acceptors (Lipinski definition) is 3. The van der Waals surface area contributed by atoms with Crippen LogP contribution >= 0.6 is 0 Å². The van der Waals surface area contributed by atoms with Crippen molar-refractivity contribution in [2.24, 2.45) is 0 Å². The minimum Gasteiger partial charge on any atom is -0.406 e. The zero-order chi connectivity index (χ0) is 20.9. The number of rotatable bonds is 4. The molecule has 1 saturated heterocycles. The Labute approximate surface area is 173 Å². The predicted molar refractivity (Wildman–Crippen MR) is 109 cm³/mol. The maximum absolute atomic E-state index is 12.8. The lowest BCUT2D eigenvalue weighted by Crippen LogP contribution is -2.43. The number of aromatic nitrogens is 2. The number of nitrogens with zero attached hydrogens (tertiary/aromatic N) is 2. The summed E-state index contributed by atoms with van der Waals surface area (Å²) in [6.07, 6.45) is 2.23. The number of halogens is 3. The molecule has 1 fully saturated rings. The molecule has 30 heavy (non-hydrogen) atoms. The predicted octanol–water partition coefficient (Wildman–Crippen LogP) is 5.23. The average molecular weight is 415 g/mol. The SMILES string of the molecule is Cc1ccc(CCn2c3c(c4cc(OC(F)(F)F)ccc42)C2CCCC(C3)N2)cn1. The van der Waals surface area contributed by atoms with Crippen molar-refractivity contribution < 1.29 is 17.9 Å². The summed E-state index contributed by atoms with van der Waals surface area (Å²) in [5, 5.41) is 4.54. The fraction of sp³-hybridized carbons (Fsp3) is 0.435. The first-order valence-electron chi connectivity index (χ1n) is 10.5. The Kier molecular flexibility index (Phi) is 4.73. The maximum atomic E-state index is 12.8. The van der Waals surface area contributed by atoms with Gasteiger partial charge in [0.15, 0.2) is 0 Å². The molecule has 2 aromatic heterocycles. The molecule has 1 aromatic carbocycles. The number of piperidine rings is 1. The molecule has 0 spiro atoms. The van der Waals surface area contributed by atoms with E-state index in [1.54, 1.807) is 12.1 Å². The Morgan fingerprint density at radius 2 is 2.07 bits per heavy atom. The second-order valence-corrected chi connectivity index (χ2v) is 8.35. The Morgan fingerprint density at radius 3 is 2.83 bits per heavy atom. The first-order chi connectivity index (χ1) is 14.4. The third kappa shape index (κ3) is 3.67. The number of nitrogens with one attached hydrogen (secondary N) is 1. The second-order valence-electron chi connectivity index (χ2n) is 8.35. The third-order valence-corrected chi connectivity index (χ3v) is 6.29. The quantitative estimate of drug-likeness (QED) is 0.635. The van der Waals surface area contributed by atoms with Gasteiger partial charge in [-0.2, -0.15) is 0 Å². The number of pyridine rings is 1. The molecule has 2 atom stereocenters. The highest BCUT2D eigenvalue weighted by molar-refractivity contribution is 5.88. The van der Waals surface area contributed by atoms with Gasteiger partial charge in [-0.25, -0.2) is 0 Å². The monoisotopic (exact) mass is 415 g/mol. The van der Waals surface area contributed by atoms with Crippen molar-refractivity contribution >= 4 is 10.9 Å². The molecule has 3 aromatic rings. The molecule has 2 unspecified atom stereocenters. The van der Waals surface area contributed by atoms with E-state index in [2.05, 4.69) is 25.7 Å². The molecular weight excluding hydrogens is 391 g/mol. The highest BCUT2D eigenvalue weighted by Crippen LogP contribution is 2.42. The minimum atomic E-state index is -4.69. The summed E-state index contributed by atoms with van der Waals surface area (Å²) in [6.45, 7) is 2.74. The zero-order valence-electron chi connectivity index (χ0n) is 16.8. The van der Waals surface area contributed by atoms with Crippen LogP contribution in [0, 0.1) is 6.92 Å². The van der Waals surface area contributed by atoms with E-state index in [1.807, 2.05) is 19.2 Å². The van der Waals surface area contributed by atoms with Crippen LogP contribution in [-0.2, 0) is 19.4 Å².